The van der Waals surface area contributed by atoms with Crippen LogP contribution >= 0.6 is 11.3 Å². The summed E-state index contributed by atoms with van der Waals surface area (Å²) in [5, 5.41) is 15.0. The van der Waals surface area contributed by atoms with E-state index in [1.54, 1.807) is 6.07 Å². The van der Waals surface area contributed by atoms with Gasteiger partial charge in [-0.05, 0) is 24.1 Å². The van der Waals surface area contributed by atoms with Crippen molar-refractivity contribution in [3.8, 4) is 11.1 Å². The van der Waals surface area contributed by atoms with Gasteiger partial charge in [-0.1, -0.05) is 36.4 Å². The van der Waals surface area contributed by atoms with Crippen molar-refractivity contribution in [3.05, 3.63) is 75.2 Å². The van der Waals surface area contributed by atoms with Gasteiger partial charge in [0.25, 0.3) is 11.6 Å². The number of rotatable bonds is 5. The van der Waals surface area contributed by atoms with Crippen molar-refractivity contribution in [1.82, 2.24) is 0 Å². The lowest BCUT2D eigenvalue weighted by Gasteiger charge is -2.28. The van der Waals surface area contributed by atoms with Crippen molar-refractivity contribution in [2.45, 2.75) is 6.92 Å². The third kappa shape index (κ3) is 4.19. The molecule has 30 heavy (non-hydrogen) atoms. The smallest absolute Gasteiger partial charge is 0.271 e. The molecule has 0 saturated carbocycles. The number of nitrogens with one attached hydrogen (secondary N) is 1. The van der Waals surface area contributed by atoms with E-state index in [0.29, 0.717) is 23.8 Å². The van der Waals surface area contributed by atoms with E-state index < -0.39 is 4.92 Å². The molecule has 0 unspecified atom stereocenters. The summed E-state index contributed by atoms with van der Waals surface area (Å²) >= 11 is 1.43. The number of thiophene rings is 1. The molecule has 1 aliphatic heterocycles. The molecular formula is C22H21N3O4S. The molecule has 3 aromatic rings. The van der Waals surface area contributed by atoms with Gasteiger partial charge in [0.1, 0.15) is 0 Å². The molecule has 1 amide bonds. The Labute approximate surface area is 178 Å². The Balaban J connectivity index is 1.67. The van der Waals surface area contributed by atoms with E-state index in [-0.39, 0.29) is 11.6 Å². The fourth-order valence-electron chi connectivity index (χ4n) is 3.36. The molecule has 2 heterocycles. The number of aryl methyl sites for hydroxylation is 1. The lowest BCUT2D eigenvalue weighted by molar-refractivity contribution is -0.384. The molecule has 0 radical (unpaired) electrons. The van der Waals surface area contributed by atoms with Crippen molar-refractivity contribution in [3.63, 3.8) is 0 Å². The summed E-state index contributed by atoms with van der Waals surface area (Å²) in [4.78, 5) is 26.4. The van der Waals surface area contributed by atoms with Crippen LogP contribution in [0.2, 0.25) is 0 Å². The first-order chi connectivity index (χ1) is 14.5. The molecule has 0 aliphatic carbocycles. The number of anilines is 2. The molecule has 7 nitrogen and oxygen atoms in total. The van der Waals surface area contributed by atoms with E-state index in [4.69, 9.17) is 4.74 Å². The molecule has 8 heteroatoms. The molecule has 0 atom stereocenters. The zero-order valence-electron chi connectivity index (χ0n) is 16.5. The molecular weight excluding hydrogens is 402 g/mol. The van der Waals surface area contributed by atoms with Crippen molar-refractivity contribution >= 4 is 33.6 Å². The fourth-order valence-corrected chi connectivity index (χ4v) is 4.49. The van der Waals surface area contributed by atoms with Crippen LogP contribution in [0.25, 0.3) is 11.1 Å². The topological polar surface area (TPSA) is 84.7 Å². The second kappa shape index (κ2) is 8.64. The normalized spacial score (nSPS) is 13.8. The predicted molar refractivity (Wildman–Crippen MR) is 119 cm³/mol. The zero-order valence-corrected chi connectivity index (χ0v) is 17.3. The first-order valence-electron chi connectivity index (χ1n) is 9.61. The number of ether oxygens (including phenoxy) is 1. The SMILES string of the molecule is Cc1ccc([N+](=O)[O-])cc1NC(=O)c1cc(-c2ccccc2)c(N2CCOCC2)s1. The van der Waals surface area contributed by atoms with Crippen LogP contribution < -0.4 is 10.2 Å². The number of hydrogen-bond donors (Lipinski definition) is 1. The summed E-state index contributed by atoms with van der Waals surface area (Å²) in [7, 11) is 0. The Morgan fingerprint density at radius 2 is 1.87 bits per heavy atom. The lowest BCUT2D eigenvalue weighted by atomic mass is 10.1. The highest BCUT2D eigenvalue weighted by Crippen LogP contribution is 2.39. The maximum absolute atomic E-state index is 13.0. The summed E-state index contributed by atoms with van der Waals surface area (Å²) in [5.41, 5.74) is 3.20. The van der Waals surface area contributed by atoms with E-state index >= 15 is 0 Å². The van der Waals surface area contributed by atoms with E-state index in [1.165, 1.54) is 23.5 Å². The molecule has 1 fully saturated rings. The number of carbonyl (C=O) groups is 1. The summed E-state index contributed by atoms with van der Waals surface area (Å²) < 4.78 is 5.47. The van der Waals surface area contributed by atoms with Gasteiger partial charge in [-0.15, -0.1) is 11.3 Å². The van der Waals surface area contributed by atoms with Gasteiger partial charge in [0.2, 0.25) is 0 Å². The van der Waals surface area contributed by atoms with Gasteiger partial charge in [-0.3, -0.25) is 14.9 Å². The van der Waals surface area contributed by atoms with E-state index in [9.17, 15) is 14.9 Å². The second-order valence-electron chi connectivity index (χ2n) is 7.01. The standard InChI is InChI=1S/C22H21N3O4S/c1-15-7-8-17(25(27)28)13-19(15)23-21(26)20-14-18(16-5-3-2-4-6-16)22(30-20)24-9-11-29-12-10-24/h2-8,13-14H,9-12H2,1H3,(H,23,26). The maximum Gasteiger partial charge on any atom is 0.271 e. The largest absolute Gasteiger partial charge is 0.378 e. The Bertz CT molecular complexity index is 1080. The Hall–Kier alpha value is -3.23. The van der Waals surface area contributed by atoms with Crippen LogP contribution in [0.5, 0.6) is 0 Å². The summed E-state index contributed by atoms with van der Waals surface area (Å²) in [6, 6.07) is 16.3. The van der Waals surface area contributed by atoms with Gasteiger partial charge in [0.05, 0.1) is 33.7 Å². The van der Waals surface area contributed by atoms with Gasteiger partial charge in [0, 0.05) is 30.8 Å². The van der Waals surface area contributed by atoms with Crippen LogP contribution in [0.3, 0.4) is 0 Å². The van der Waals surface area contributed by atoms with E-state index in [2.05, 4.69) is 10.2 Å². The first kappa shape index (κ1) is 20.1. The number of morpholine rings is 1. The number of benzene rings is 2. The highest BCUT2D eigenvalue weighted by Gasteiger charge is 2.22. The Kier molecular flexibility index (Phi) is 5.78. The minimum absolute atomic E-state index is 0.0546. The Morgan fingerprint density at radius 3 is 2.57 bits per heavy atom. The fraction of sp³-hybridized carbons (Fsp3) is 0.227. The monoisotopic (exact) mass is 423 g/mol. The number of nitro groups is 1. The molecule has 1 aromatic heterocycles. The van der Waals surface area contributed by atoms with Crippen LogP contribution in [0, 0.1) is 17.0 Å². The van der Waals surface area contributed by atoms with Gasteiger partial charge in [0.15, 0.2) is 0 Å². The second-order valence-corrected chi connectivity index (χ2v) is 8.04. The average Bonchev–Trinajstić information content (AvgIpc) is 3.22. The van der Waals surface area contributed by atoms with Crippen LogP contribution in [0.4, 0.5) is 16.4 Å². The van der Waals surface area contributed by atoms with Crippen LogP contribution in [0.15, 0.2) is 54.6 Å². The molecule has 0 bridgehead atoms. The molecule has 1 N–H and O–H groups in total. The molecule has 4 rings (SSSR count). The van der Waals surface area contributed by atoms with Crippen LogP contribution in [-0.2, 0) is 4.74 Å². The number of nitro benzene ring substituents is 1. The molecule has 1 aliphatic rings. The third-order valence-electron chi connectivity index (χ3n) is 5.00. The average molecular weight is 423 g/mol. The van der Waals surface area contributed by atoms with Crippen molar-refractivity contribution in [2.24, 2.45) is 0 Å². The lowest BCUT2D eigenvalue weighted by Crippen LogP contribution is -2.35. The van der Waals surface area contributed by atoms with Gasteiger partial charge < -0.3 is 15.0 Å². The number of non-ortho nitro benzene ring substituents is 1. The highest BCUT2D eigenvalue weighted by atomic mass is 32.1. The maximum atomic E-state index is 13.0. The molecule has 2 aromatic carbocycles. The molecule has 154 valence electrons. The summed E-state index contributed by atoms with van der Waals surface area (Å²) in [5.74, 6) is -0.278. The number of amides is 1. The van der Waals surface area contributed by atoms with E-state index in [0.717, 1.165) is 34.8 Å². The number of nitrogens with zero attached hydrogens (tertiary/aromatic N) is 2. The van der Waals surface area contributed by atoms with Crippen LogP contribution in [0.1, 0.15) is 15.2 Å². The number of carbonyl (C=O) groups excluding carboxylic acids is 1. The summed E-state index contributed by atoms with van der Waals surface area (Å²) in [6.45, 7) is 4.65. The van der Waals surface area contributed by atoms with Gasteiger partial charge in [-0.2, -0.15) is 0 Å². The number of hydrogen-bond acceptors (Lipinski definition) is 6. The predicted octanol–water partition coefficient (Wildman–Crippen LogP) is 4.72. The summed E-state index contributed by atoms with van der Waals surface area (Å²) in [6.07, 6.45) is 0. The zero-order chi connectivity index (χ0) is 21.1. The minimum Gasteiger partial charge on any atom is -0.378 e. The highest BCUT2D eigenvalue weighted by molar-refractivity contribution is 7.18. The van der Waals surface area contributed by atoms with E-state index in [1.807, 2.05) is 43.3 Å². The van der Waals surface area contributed by atoms with Crippen LogP contribution in [-0.4, -0.2) is 37.1 Å². The van der Waals surface area contributed by atoms with Crippen molar-refractivity contribution in [2.75, 3.05) is 36.5 Å². The molecule has 1 saturated heterocycles. The Morgan fingerprint density at radius 1 is 1.13 bits per heavy atom. The minimum atomic E-state index is -0.468. The first-order valence-corrected chi connectivity index (χ1v) is 10.4. The third-order valence-corrected chi connectivity index (χ3v) is 6.19. The quantitative estimate of drug-likeness (QED) is 0.474. The van der Waals surface area contributed by atoms with Gasteiger partial charge >= 0.3 is 0 Å². The van der Waals surface area contributed by atoms with Gasteiger partial charge in [-0.25, -0.2) is 0 Å². The van der Waals surface area contributed by atoms with Crippen molar-refractivity contribution < 1.29 is 14.5 Å². The molecule has 0 spiro atoms. The van der Waals surface area contributed by atoms with Crippen molar-refractivity contribution in [1.29, 1.82) is 0 Å².